The van der Waals surface area contributed by atoms with E-state index in [1.807, 2.05) is 55.5 Å². The summed E-state index contributed by atoms with van der Waals surface area (Å²) in [5.74, 6) is 1.95. The van der Waals surface area contributed by atoms with Gasteiger partial charge in [-0.05, 0) is 73.9 Å². The predicted octanol–water partition coefficient (Wildman–Crippen LogP) is 7.42. The Labute approximate surface area is 222 Å². The zero-order chi connectivity index (χ0) is 25.3. The molecule has 2 aliphatic rings. The van der Waals surface area contributed by atoms with E-state index in [4.69, 9.17) is 32.7 Å². The number of nitrogens with zero attached hydrogens (tertiary/aromatic N) is 2. The Kier molecular flexibility index (Phi) is 7.23. The van der Waals surface area contributed by atoms with E-state index < -0.39 is 5.41 Å². The zero-order valence-electron chi connectivity index (χ0n) is 20.4. The van der Waals surface area contributed by atoms with Crippen LogP contribution >= 0.6 is 23.2 Å². The van der Waals surface area contributed by atoms with Crippen molar-refractivity contribution in [1.82, 2.24) is 15.5 Å². The molecule has 5 rings (SSSR count). The Bertz CT molecular complexity index is 1240. The minimum absolute atomic E-state index is 0.0468. The number of hydrogen-bond acceptors (Lipinski definition) is 4. The maximum Gasteiger partial charge on any atom is 0.234 e. The van der Waals surface area contributed by atoms with Gasteiger partial charge in [-0.15, -0.1) is 6.58 Å². The Morgan fingerprint density at radius 1 is 1.19 bits per heavy atom. The summed E-state index contributed by atoms with van der Waals surface area (Å²) in [7, 11) is 0. The van der Waals surface area contributed by atoms with Gasteiger partial charge in [0.15, 0.2) is 5.82 Å². The third kappa shape index (κ3) is 5.37. The Balaban J connectivity index is 1.42. The van der Waals surface area contributed by atoms with Crippen molar-refractivity contribution in [3.63, 3.8) is 0 Å². The van der Waals surface area contributed by atoms with Gasteiger partial charge in [0.1, 0.15) is 0 Å². The van der Waals surface area contributed by atoms with Gasteiger partial charge in [-0.2, -0.15) is 4.98 Å². The first kappa shape index (κ1) is 25.0. The third-order valence-electron chi connectivity index (χ3n) is 7.63. The van der Waals surface area contributed by atoms with Crippen molar-refractivity contribution in [2.24, 2.45) is 5.41 Å². The topological polar surface area (TPSA) is 68.0 Å². The summed E-state index contributed by atoms with van der Waals surface area (Å²) in [4.78, 5) is 18.0. The molecule has 2 heterocycles. The average molecular weight is 524 g/mol. The van der Waals surface area contributed by atoms with Gasteiger partial charge in [0.25, 0.3) is 0 Å². The van der Waals surface area contributed by atoms with Crippen molar-refractivity contribution >= 4 is 29.1 Å². The van der Waals surface area contributed by atoms with Gasteiger partial charge in [0, 0.05) is 27.9 Å². The quantitative estimate of drug-likeness (QED) is 0.296. The minimum atomic E-state index is -0.507. The molecule has 1 aliphatic heterocycles. The lowest BCUT2D eigenvalue weighted by Gasteiger charge is -2.43. The van der Waals surface area contributed by atoms with E-state index in [0.717, 1.165) is 49.1 Å². The van der Waals surface area contributed by atoms with Crippen molar-refractivity contribution in [3.05, 3.63) is 94.1 Å². The van der Waals surface area contributed by atoms with Crippen molar-refractivity contribution in [3.8, 4) is 0 Å². The molecule has 1 aliphatic carbocycles. The van der Waals surface area contributed by atoms with Crippen LogP contribution in [-0.2, 0) is 4.79 Å². The molecule has 2 fully saturated rings. The highest BCUT2D eigenvalue weighted by Crippen LogP contribution is 2.44. The van der Waals surface area contributed by atoms with E-state index in [0.29, 0.717) is 28.3 Å². The molecule has 1 saturated heterocycles. The van der Waals surface area contributed by atoms with E-state index in [2.05, 4.69) is 23.1 Å². The number of piperidine rings is 1. The number of allylic oxidation sites excluding steroid dienone is 1. The number of carbonyl (C=O) groups excluding carboxylic acids is 1. The lowest BCUT2D eigenvalue weighted by atomic mass is 9.69. The van der Waals surface area contributed by atoms with Crippen LogP contribution in [0.5, 0.6) is 0 Å². The van der Waals surface area contributed by atoms with Crippen LogP contribution in [0.3, 0.4) is 0 Å². The summed E-state index contributed by atoms with van der Waals surface area (Å²) >= 11 is 12.5. The second-order valence-corrected chi connectivity index (χ2v) is 11.3. The smallest absolute Gasteiger partial charge is 0.234 e. The van der Waals surface area contributed by atoms with Gasteiger partial charge >= 0.3 is 0 Å². The van der Waals surface area contributed by atoms with E-state index in [9.17, 15) is 4.79 Å². The fraction of sp³-hybridized carbons (Fsp3) is 0.414. The second kappa shape index (κ2) is 10.4. The maximum absolute atomic E-state index is 13.2. The van der Waals surface area contributed by atoms with Crippen molar-refractivity contribution in [2.45, 2.75) is 69.2 Å². The lowest BCUT2D eigenvalue weighted by molar-refractivity contribution is -0.134. The summed E-state index contributed by atoms with van der Waals surface area (Å²) in [5, 5.41) is 8.98. The van der Waals surface area contributed by atoms with E-state index in [1.54, 1.807) is 0 Å². The molecule has 1 amide bonds. The number of nitrogens with one attached hydrogen (secondary N) is 1. The average Bonchev–Trinajstić information content (AvgIpc) is 3.60. The first-order valence-electron chi connectivity index (χ1n) is 12.6. The third-order valence-corrected chi connectivity index (χ3v) is 8.12. The number of aromatic nitrogens is 2. The van der Waals surface area contributed by atoms with E-state index >= 15 is 0 Å². The molecule has 0 bridgehead atoms. The summed E-state index contributed by atoms with van der Waals surface area (Å²) in [6.45, 7) is 5.90. The number of amides is 1. The summed E-state index contributed by atoms with van der Waals surface area (Å²) in [5.41, 5.74) is 1.70. The van der Waals surface area contributed by atoms with Gasteiger partial charge in [-0.1, -0.05) is 65.6 Å². The molecule has 0 radical (unpaired) electrons. The molecular formula is C29H31Cl2N3O2. The molecule has 4 atom stereocenters. The minimum Gasteiger partial charge on any atom is -0.352 e. The zero-order valence-corrected chi connectivity index (χ0v) is 21.9. The Morgan fingerprint density at radius 3 is 2.67 bits per heavy atom. The van der Waals surface area contributed by atoms with Crippen LogP contribution in [0, 0.1) is 5.41 Å². The van der Waals surface area contributed by atoms with Gasteiger partial charge in [0.2, 0.25) is 11.8 Å². The van der Waals surface area contributed by atoms with Crippen LogP contribution in [0.4, 0.5) is 0 Å². The standard InChI is InChI=1S/C29H31Cl2N3O2/c1-3-15-29(2)17-24(20-5-4-6-22(31)16-20)25(32-28(29)35)14-13-23(18-9-11-21(30)12-10-18)27-33-26(34-36-27)19-7-8-19/h3-6,9-12,16,19,23-25H,1,7-8,13-15,17H2,2H3,(H,32,35)/t23-,24+,25-,29-/m0/s1. The molecule has 188 valence electrons. The lowest BCUT2D eigenvalue weighted by Crippen LogP contribution is -2.53. The SMILES string of the molecule is C=CC[C@@]1(C)C[C@H](c2cccc(Cl)c2)[C@H](CC[C@@H](c2ccc(Cl)cc2)c2nc(C3CC3)no2)NC1=O. The van der Waals surface area contributed by atoms with Gasteiger partial charge in [-0.25, -0.2) is 0 Å². The molecule has 1 N–H and O–H groups in total. The van der Waals surface area contributed by atoms with Crippen LogP contribution in [0.2, 0.25) is 10.0 Å². The van der Waals surface area contributed by atoms with Crippen molar-refractivity contribution in [2.75, 3.05) is 0 Å². The molecule has 2 aromatic carbocycles. The fourth-order valence-corrected chi connectivity index (χ4v) is 5.71. The van der Waals surface area contributed by atoms with Crippen LogP contribution in [0.25, 0.3) is 0 Å². The van der Waals surface area contributed by atoms with Gasteiger partial charge in [-0.3, -0.25) is 4.79 Å². The number of hydrogen-bond donors (Lipinski definition) is 1. The number of rotatable bonds is 9. The Hall–Kier alpha value is -2.63. The molecule has 36 heavy (non-hydrogen) atoms. The number of carbonyl (C=O) groups is 1. The Morgan fingerprint density at radius 2 is 1.97 bits per heavy atom. The van der Waals surface area contributed by atoms with Crippen molar-refractivity contribution < 1.29 is 9.32 Å². The molecule has 0 unspecified atom stereocenters. The van der Waals surface area contributed by atoms with Gasteiger partial charge in [0.05, 0.1) is 11.3 Å². The highest BCUT2D eigenvalue weighted by Gasteiger charge is 2.44. The summed E-state index contributed by atoms with van der Waals surface area (Å²) in [6, 6.07) is 15.7. The first-order chi connectivity index (χ1) is 17.4. The number of benzene rings is 2. The highest BCUT2D eigenvalue weighted by molar-refractivity contribution is 6.30. The summed E-state index contributed by atoms with van der Waals surface area (Å²) in [6.07, 6.45) is 6.91. The van der Waals surface area contributed by atoms with Crippen LogP contribution in [0.1, 0.15) is 86.0 Å². The van der Waals surface area contributed by atoms with Crippen LogP contribution < -0.4 is 5.32 Å². The predicted molar refractivity (Wildman–Crippen MR) is 142 cm³/mol. The second-order valence-electron chi connectivity index (χ2n) is 10.4. The summed E-state index contributed by atoms with van der Waals surface area (Å²) < 4.78 is 5.76. The molecule has 1 aromatic heterocycles. The first-order valence-corrected chi connectivity index (χ1v) is 13.4. The maximum atomic E-state index is 13.2. The molecule has 1 saturated carbocycles. The van der Waals surface area contributed by atoms with E-state index in [-0.39, 0.29) is 23.8 Å². The van der Waals surface area contributed by atoms with Gasteiger partial charge < -0.3 is 9.84 Å². The molecular weight excluding hydrogens is 493 g/mol. The van der Waals surface area contributed by atoms with E-state index in [1.165, 1.54) is 0 Å². The monoisotopic (exact) mass is 523 g/mol. The molecule has 5 nitrogen and oxygen atoms in total. The normalized spacial score (nSPS) is 24.8. The highest BCUT2D eigenvalue weighted by atomic mass is 35.5. The largest absolute Gasteiger partial charge is 0.352 e. The van der Waals surface area contributed by atoms with Crippen molar-refractivity contribution in [1.29, 1.82) is 0 Å². The van der Waals surface area contributed by atoms with Crippen LogP contribution in [0.15, 0.2) is 65.7 Å². The fourth-order valence-electron chi connectivity index (χ4n) is 5.39. The molecule has 7 heteroatoms. The molecule has 3 aromatic rings. The van der Waals surface area contributed by atoms with Crippen LogP contribution in [-0.4, -0.2) is 22.1 Å². The number of halogens is 2. The molecule has 0 spiro atoms.